The highest BCUT2D eigenvalue weighted by Crippen LogP contribution is 2.21. The van der Waals surface area contributed by atoms with Crippen LogP contribution in [-0.2, 0) is 4.74 Å². The maximum Gasteiger partial charge on any atom is 0.410 e. The molecule has 4 nitrogen and oxygen atoms in total. The van der Waals surface area contributed by atoms with Crippen molar-refractivity contribution in [2.45, 2.75) is 64.1 Å². The monoisotopic (exact) mass is 240 g/mol. The van der Waals surface area contributed by atoms with Gasteiger partial charge in [-0.05, 0) is 46.5 Å². The first-order valence-corrected chi connectivity index (χ1v) is 6.68. The summed E-state index contributed by atoms with van der Waals surface area (Å²) in [5.74, 6) is 0. The second kappa shape index (κ2) is 4.84. The normalized spacial score (nSPS) is 29.7. The van der Waals surface area contributed by atoms with Crippen LogP contribution in [0.2, 0.25) is 0 Å². The van der Waals surface area contributed by atoms with Gasteiger partial charge < -0.3 is 15.0 Å². The van der Waals surface area contributed by atoms with Crippen LogP contribution in [-0.4, -0.2) is 41.8 Å². The van der Waals surface area contributed by atoms with Crippen molar-refractivity contribution >= 4 is 6.09 Å². The first kappa shape index (κ1) is 12.7. The highest BCUT2D eigenvalue weighted by Gasteiger charge is 2.30. The molecule has 0 aliphatic carbocycles. The third-order valence-electron chi connectivity index (χ3n) is 3.48. The van der Waals surface area contributed by atoms with Gasteiger partial charge in [-0.15, -0.1) is 0 Å². The fraction of sp³-hybridized carbons (Fsp3) is 0.923. The van der Waals surface area contributed by atoms with Crippen molar-refractivity contribution in [3.05, 3.63) is 0 Å². The Morgan fingerprint density at radius 2 is 1.65 bits per heavy atom. The Bertz CT molecular complexity index is 272. The SMILES string of the molecule is CC(C)(C)OC(=O)N1CCC2CCC(CC1)N2. The number of nitrogens with zero attached hydrogens (tertiary/aromatic N) is 1. The van der Waals surface area contributed by atoms with E-state index in [1.807, 2.05) is 25.7 Å². The number of carbonyl (C=O) groups excluding carboxylic acids is 1. The summed E-state index contributed by atoms with van der Waals surface area (Å²) >= 11 is 0. The average Bonchev–Trinajstić information content (AvgIpc) is 2.60. The van der Waals surface area contributed by atoms with Crippen LogP contribution in [0.5, 0.6) is 0 Å². The first-order chi connectivity index (χ1) is 7.94. The minimum Gasteiger partial charge on any atom is -0.444 e. The molecule has 0 aromatic rings. The zero-order valence-electron chi connectivity index (χ0n) is 11.2. The third kappa shape index (κ3) is 3.60. The smallest absolute Gasteiger partial charge is 0.410 e. The number of fused-ring (bicyclic) bond motifs is 2. The lowest BCUT2D eigenvalue weighted by Gasteiger charge is -2.30. The molecular weight excluding hydrogens is 216 g/mol. The van der Waals surface area contributed by atoms with Crippen molar-refractivity contribution in [3.63, 3.8) is 0 Å². The molecule has 2 unspecified atom stereocenters. The van der Waals surface area contributed by atoms with E-state index >= 15 is 0 Å². The van der Waals surface area contributed by atoms with Crippen LogP contribution in [0.4, 0.5) is 4.79 Å². The van der Waals surface area contributed by atoms with Crippen molar-refractivity contribution in [2.75, 3.05) is 13.1 Å². The number of hydrogen-bond acceptors (Lipinski definition) is 3. The Kier molecular flexibility index (Phi) is 3.61. The molecule has 2 heterocycles. The van der Waals surface area contributed by atoms with Crippen molar-refractivity contribution in [3.8, 4) is 0 Å². The molecule has 1 amide bonds. The molecule has 0 spiro atoms. The summed E-state index contributed by atoms with van der Waals surface area (Å²) < 4.78 is 5.43. The Hall–Kier alpha value is -0.770. The summed E-state index contributed by atoms with van der Waals surface area (Å²) in [6, 6.07) is 1.20. The van der Waals surface area contributed by atoms with E-state index in [4.69, 9.17) is 4.74 Å². The number of carbonyl (C=O) groups is 1. The average molecular weight is 240 g/mol. The first-order valence-electron chi connectivity index (χ1n) is 6.68. The van der Waals surface area contributed by atoms with E-state index < -0.39 is 5.60 Å². The Morgan fingerprint density at radius 3 is 2.12 bits per heavy atom. The van der Waals surface area contributed by atoms with Gasteiger partial charge in [-0.2, -0.15) is 0 Å². The van der Waals surface area contributed by atoms with Crippen LogP contribution in [0.15, 0.2) is 0 Å². The maximum absolute atomic E-state index is 12.0. The fourth-order valence-electron chi connectivity index (χ4n) is 2.60. The van der Waals surface area contributed by atoms with Crippen LogP contribution in [0.25, 0.3) is 0 Å². The topological polar surface area (TPSA) is 41.6 Å². The van der Waals surface area contributed by atoms with Gasteiger partial charge in [0.05, 0.1) is 0 Å². The fourth-order valence-corrected chi connectivity index (χ4v) is 2.60. The number of ether oxygens (including phenoxy) is 1. The van der Waals surface area contributed by atoms with Crippen LogP contribution in [0.3, 0.4) is 0 Å². The van der Waals surface area contributed by atoms with Gasteiger partial charge in [0, 0.05) is 25.2 Å². The molecule has 98 valence electrons. The molecule has 0 aromatic heterocycles. The highest BCUT2D eigenvalue weighted by molar-refractivity contribution is 5.68. The quantitative estimate of drug-likeness (QED) is 0.705. The van der Waals surface area contributed by atoms with E-state index in [9.17, 15) is 4.79 Å². The van der Waals surface area contributed by atoms with Crippen LogP contribution in [0.1, 0.15) is 46.5 Å². The summed E-state index contributed by atoms with van der Waals surface area (Å²) in [6.45, 7) is 7.39. The van der Waals surface area contributed by atoms with E-state index in [1.54, 1.807) is 0 Å². The summed E-state index contributed by atoms with van der Waals surface area (Å²) in [5.41, 5.74) is -0.392. The van der Waals surface area contributed by atoms with Crippen molar-refractivity contribution < 1.29 is 9.53 Å². The molecule has 0 saturated carbocycles. The second-order valence-electron chi connectivity index (χ2n) is 6.18. The lowest BCUT2D eigenvalue weighted by Crippen LogP contribution is -2.44. The zero-order chi connectivity index (χ0) is 12.5. The lowest BCUT2D eigenvalue weighted by molar-refractivity contribution is 0.0230. The molecule has 1 N–H and O–H groups in total. The van der Waals surface area contributed by atoms with Gasteiger partial charge in [-0.3, -0.25) is 0 Å². The van der Waals surface area contributed by atoms with Crippen LogP contribution >= 0.6 is 0 Å². The zero-order valence-corrected chi connectivity index (χ0v) is 11.2. The van der Waals surface area contributed by atoms with Crippen LogP contribution in [0, 0.1) is 0 Å². The van der Waals surface area contributed by atoms with Crippen molar-refractivity contribution in [2.24, 2.45) is 0 Å². The number of amides is 1. The summed E-state index contributed by atoms with van der Waals surface area (Å²) in [7, 11) is 0. The van der Waals surface area contributed by atoms with Gasteiger partial charge in [0.25, 0.3) is 0 Å². The summed E-state index contributed by atoms with van der Waals surface area (Å²) in [6.07, 6.45) is 4.46. The van der Waals surface area contributed by atoms with Gasteiger partial charge in [0.2, 0.25) is 0 Å². The Labute approximate surface area is 104 Å². The molecule has 2 fully saturated rings. The molecule has 2 rings (SSSR count). The predicted molar refractivity (Wildman–Crippen MR) is 67.0 cm³/mol. The van der Waals surface area contributed by atoms with Gasteiger partial charge in [0.1, 0.15) is 5.60 Å². The molecule has 2 aliphatic heterocycles. The van der Waals surface area contributed by atoms with Crippen molar-refractivity contribution in [1.29, 1.82) is 0 Å². The number of nitrogens with one attached hydrogen (secondary N) is 1. The molecule has 0 aromatic carbocycles. The predicted octanol–water partition coefficient (Wildman–Crippen LogP) is 2.14. The standard InChI is InChI=1S/C13H24N2O2/c1-13(2,3)17-12(16)15-8-6-10-4-5-11(14-10)7-9-15/h10-11,14H,4-9H2,1-3H3. The molecule has 2 atom stereocenters. The van der Waals surface area contributed by atoms with Gasteiger partial charge in [-0.25, -0.2) is 4.79 Å². The molecule has 0 radical (unpaired) electrons. The van der Waals surface area contributed by atoms with Gasteiger partial charge in [-0.1, -0.05) is 0 Å². The summed E-state index contributed by atoms with van der Waals surface area (Å²) in [4.78, 5) is 13.9. The van der Waals surface area contributed by atoms with Gasteiger partial charge in [0.15, 0.2) is 0 Å². The number of hydrogen-bond donors (Lipinski definition) is 1. The second-order valence-corrected chi connectivity index (χ2v) is 6.18. The molecular formula is C13H24N2O2. The van der Waals surface area contributed by atoms with E-state index in [0.29, 0.717) is 12.1 Å². The highest BCUT2D eigenvalue weighted by atomic mass is 16.6. The van der Waals surface area contributed by atoms with Crippen LogP contribution < -0.4 is 5.32 Å². The molecule has 17 heavy (non-hydrogen) atoms. The minimum atomic E-state index is -0.392. The third-order valence-corrected chi connectivity index (χ3v) is 3.48. The maximum atomic E-state index is 12.0. The largest absolute Gasteiger partial charge is 0.444 e. The minimum absolute atomic E-state index is 0.154. The van der Waals surface area contributed by atoms with E-state index in [1.165, 1.54) is 12.8 Å². The van der Waals surface area contributed by atoms with E-state index in [-0.39, 0.29) is 6.09 Å². The van der Waals surface area contributed by atoms with Crippen molar-refractivity contribution in [1.82, 2.24) is 10.2 Å². The molecule has 2 bridgehead atoms. The number of rotatable bonds is 0. The molecule has 4 heteroatoms. The van der Waals surface area contributed by atoms with Gasteiger partial charge >= 0.3 is 6.09 Å². The molecule has 2 saturated heterocycles. The van der Waals surface area contributed by atoms with E-state index in [0.717, 1.165) is 25.9 Å². The van der Waals surface area contributed by atoms with E-state index in [2.05, 4.69) is 5.32 Å². The summed E-state index contributed by atoms with van der Waals surface area (Å²) in [5, 5.41) is 3.62. The molecule has 2 aliphatic rings. The lowest BCUT2D eigenvalue weighted by atomic mass is 10.1. The Balaban J connectivity index is 1.90. The Morgan fingerprint density at radius 1 is 1.12 bits per heavy atom.